The number of carboxylic acids is 1. The Labute approximate surface area is 175 Å². The van der Waals surface area contributed by atoms with Crippen molar-refractivity contribution in [3.8, 4) is 0 Å². The molecule has 0 radical (unpaired) electrons. The molecule has 156 valence electrons. The number of anilines is 2. The number of hydrogen-bond acceptors (Lipinski definition) is 5. The highest BCUT2D eigenvalue weighted by molar-refractivity contribution is 5.94. The number of nitrogens with zero attached hydrogens (tertiary/aromatic N) is 3. The van der Waals surface area contributed by atoms with Crippen molar-refractivity contribution in [3.63, 3.8) is 0 Å². The predicted octanol–water partition coefficient (Wildman–Crippen LogP) is 3.86. The van der Waals surface area contributed by atoms with Crippen molar-refractivity contribution < 1.29 is 9.90 Å². The summed E-state index contributed by atoms with van der Waals surface area (Å²) in [6.45, 7) is 5.70. The van der Waals surface area contributed by atoms with Gasteiger partial charge < -0.3 is 15.3 Å². The SMILES string of the molecule is Cc1cc([C@@H](C)Nc2ccccc2C(=O)O)c2nc(N3CCCCC3)cc(=O)n2c1. The first kappa shape index (κ1) is 19.9. The standard InChI is InChI=1S/C23H26N4O3/c1-15-12-18(16(2)24-19-9-5-4-8-17(19)23(29)30)22-25-20(13-21(28)27(22)14-15)26-10-6-3-7-11-26/h4-5,8-9,12-14,16,24H,3,6-7,10-11H2,1-2H3,(H,29,30)/t16-/m1/s1. The van der Waals surface area contributed by atoms with Crippen LogP contribution in [0.2, 0.25) is 0 Å². The number of aromatic carboxylic acids is 1. The van der Waals surface area contributed by atoms with Crippen LogP contribution >= 0.6 is 0 Å². The van der Waals surface area contributed by atoms with E-state index < -0.39 is 5.97 Å². The summed E-state index contributed by atoms with van der Waals surface area (Å²) in [6, 6.07) is 10.2. The van der Waals surface area contributed by atoms with Crippen LogP contribution in [0, 0.1) is 6.92 Å². The number of aromatic nitrogens is 2. The van der Waals surface area contributed by atoms with Crippen LogP contribution in [0.15, 0.2) is 47.4 Å². The molecule has 7 nitrogen and oxygen atoms in total. The molecule has 2 aromatic heterocycles. The van der Waals surface area contributed by atoms with E-state index in [1.54, 1.807) is 40.9 Å². The number of piperidine rings is 1. The number of nitrogens with one attached hydrogen (secondary N) is 1. The molecule has 0 amide bonds. The van der Waals surface area contributed by atoms with Crippen molar-refractivity contribution in [2.45, 2.75) is 39.2 Å². The van der Waals surface area contributed by atoms with Gasteiger partial charge in [-0.25, -0.2) is 9.78 Å². The molecule has 0 saturated carbocycles. The number of rotatable bonds is 5. The Balaban J connectivity index is 1.78. The van der Waals surface area contributed by atoms with Crippen LogP contribution in [0.5, 0.6) is 0 Å². The second-order valence-electron chi connectivity index (χ2n) is 7.88. The zero-order valence-corrected chi connectivity index (χ0v) is 17.3. The van der Waals surface area contributed by atoms with Crippen molar-refractivity contribution in [1.82, 2.24) is 9.38 Å². The van der Waals surface area contributed by atoms with Crippen molar-refractivity contribution in [2.75, 3.05) is 23.3 Å². The third-order valence-corrected chi connectivity index (χ3v) is 5.59. The van der Waals surface area contributed by atoms with Crippen LogP contribution in [0.3, 0.4) is 0 Å². The fourth-order valence-corrected chi connectivity index (χ4v) is 4.07. The molecular weight excluding hydrogens is 380 g/mol. The third kappa shape index (κ3) is 3.87. The lowest BCUT2D eigenvalue weighted by molar-refractivity contribution is 0.0698. The summed E-state index contributed by atoms with van der Waals surface area (Å²) in [5, 5.41) is 12.8. The van der Waals surface area contributed by atoms with E-state index in [9.17, 15) is 14.7 Å². The summed E-state index contributed by atoms with van der Waals surface area (Å²) in [5.41, 5.74) is 3.02. The van der Waals surface area contributed by atoms with Gasteiger partial charge in [0.05, 0.1) is 11.6 Å². The van der Waals surface area contributed by atoms with E-state index in [4.69, 9.17) is 4.98 Å². The number of aryl methyl sites for hydroxylation is 1. The van der Waals surface area contributed by atoms with Gasteiger partial charge in [0.1, 0.15) is 11.5 Å². The number of benzene rings is 1. The molecule has 2 N–H and O–H groups in total. The molecule has 0 spiro atoms. The normalized spacial score (nSPS) is 15.2. The van der Waals surface area contributed by atoms with Gasteiger partial charge in [0.25, 0.3) is 5.56 Å². The maximum Gasteiger partial charge on any atom is 0.337 e. The lowest BCUT2D eigenvalue weighted by Crippen LogP contribution is -2.32. The predicted molar refractivity (Wildman–Crippen MR) is 118 cm³/mol. The molecule has 1 atom stereocenters. The van der Waals surface area contributed by atoms with Crippen LogP contribution in [-0.2, 0) is 0 Å². The van der Waals surface area contributed by atoms with Gasteiger partial charge in [0, 0.05) is 36.6 Å². The summed E-state index contributed by atoms with van der Waals surface area (Å²) in [6.07, 6.45) is 5.21. The second kappa shape index (κ2) is 8.18. The molecule has 4 rings (SSSR count). The van der Waals surface area contributed by atoms with Gasteiger partial charge in [-0.1, -0.05) is 12.1 Å². The molecule has 0 aliphatic carbocycles. The van der Waals surface area contributed by atoms with Gasteiger partial charge in [-0.15, -0.1) is 0 Å². The topological polar surface area (TPSA) is 86.9 Å². The first-order chi connectivity index (χ1) is 14.4. The summed E-state index contributed by atoms with van der Waals surface area (Å²) in [5.74, 6) is -0.274. The smallest absolute Gasteiger partial charge is 0.337 e. The molecule has 1 saturated heterocycles. The number of pyridine rings is 1. The van der Waals surface area contributed by atoms with Gasteiger partial charge in [-0.3, -0.25) is 9.20 Å². The maximum absolute atomic E-state index is 12.9. The van der Waals surface area contributed by atoms with E-state index in [1.807, 2.05) is 19.9 Å². The molecule has 1 fully saturated rings. The first-order valence-corrected chi connectivity index (χ1v) is 10.3. The van der Waals surface area contributed by atoms with Gasteiger partial charge in [0.2, 0.25) is 0 Å². The Morgan fingerprint density at radius 3 is 2.63 bits per heavy atom. The Morgan fingerprint density at radius 2 is 1.90 bits per heavy atom. The Kier molecular flexibility index (Phi) is 5.44. The van der Waals surface area contributed by atoms with Crippen molar-refractivity contribution >= 4 is 23.1 Å². The number of fused-ring (bicyclic) bond motifs is 1. The largest absolute Gasteiger partial charge is 0.478 e. The molecule has 0 bridgehead atoms. The van der Waals surface area contributed by atoms with E-state index in [0.29, 0.717) is 17.2 Å². The monoisotopic (exact) mass is 406 g/mol. The Bertz CT molecular complexity index is 1150. The average Bonchev–Trinajstić information content (AvgIpc) is 2.74. The van der Waals surface area contributed by atoms with Crippen molar-refractivity contribution in [1.29, 1.82) is 0 Å². The number of hydrogen-bond donors (Lipinski definition) is 2. The molecule has 3 heterocycles. The molecule has 1 aliphatic heterocycles. The molecule has 1 aliphatic rings. The summed E-state index contributed by atoms with van der Waals surface area (Å²) >= 11 is 0. The summed E-state index contributed by atoms with van der Waals surface area (Å²) in [4.78, 5) is 31.5. The lowest BCUT2D eigenvalue weighted by atomic mass is 10.1. The highest BCUT2D eigenvalue weighted by Crippen LogP contribution is 2.26. The Morgan fingerprint density at radius 1 is 1.17 bits per heavy atom. The molecule has 3 aromatic rings. The van der Waals surface area contributed by atoms with Crippen LogP contribution in [0.1, 0.15) is 53.7 Å². The van der Waals surface area contributed by atoms with E-state index in [0.717, 1.165) is 37.1 Å². The van der Waals surface area contributed by atoms with Crippen LogP contribution < -0.4 is 15.8 Å². The zero-order chi connectivity index (χ0) is 21.3. The van der Waals surface area contributed by atoms with Crippen LogP contribution in [0.25, 0.3) is 5.65 Å². The highest BCUT2D eigenvalue weighted by atomic mass is 16.4. The minimum atomic E-state index is -0.985. The second-order valence-corrected chi connectivity index (χ2v) is 7.88. The number of carboxylic acid groups (broad SMARTS) is 1. The van der Waals surface area contributed by atoms with E-state index in [-0.39, 0.29) is 17.2 Å². The Hall–Kier alpha value is -3.35. The van der Waals surface area contributed by atoms with E-state index in [1.165, 1.54) is 6.42 Å². The van der Waals surface area contributed by atoms with E-state index in [2.05, 4.69) is 10.2 Å². The van der Waals surface area contributed by atoms with Gasteiger partial charge in [-0.2, -0.15) is 0 Å². The minimum absolute atomic E-state index is 0.108. The molecule has 1 aromatic carbocycles. The maximum atomic E-state index is 12.9. The fourth-order valence-electron chi connectivity index (χ4n) is 4.07. The highest BCUT2D eigenvalue weighted by Gasteiger charge is 2.19. The van der Waals surface area contributed by atoms with Crippen molar-refractivity contribution in [3.05, 3.63) is 69.6 Å². The average molecular weight is 406 g/mol. The van der Waals surface area contributed by atoms with Gasteiger partial charge in [0.15, 0.2) is 0 Å². The third-order valence-electron chi connectivity index (χ3n) is 5.59. The molecule has 30 heavy (non-hydrogen) atoms. The van der Waals surface area contributed by atoms with Crippen molar-refractivity contribution in [2.24, 2.45) is 0 Å². The minimum Gasteiger partial charge on any atom is -0.478 e. The molecular formula is C23H26N4O3. The molecule has 7 heteroatoms. The fraction of sp³-hybridized carbons (Fsp3) is 0.348. The molecule has 0 unspecified atom stereocenters. The number of para-hydroxylation sites is 1. The first-order valence-electron chi connectivity index (χ1n) is 10.3. The zero-order valence-electron chi connectivity index (χ0n) is 17.3. The van der Waals surface area contributed by atoms with Gasteiger partial charge in [-0.05, 0) is 56.9 Å². The summed E-state index contributed by atoms with van der Waals surface area (Å²) in [7, 11) is 0. The van der Waals surface area contributed by atoms with Crippen LogP contribution in [-0.4, -0.2) is 33.6 Å². The summed E-state index contributed by atoms with van der Waals surface area (Å²) < 4.78 is 1.58. The van der Waals surface area contributed by atoms with Gasteiger partial charge >= 0.3 is 5.97 Å². The quantitative estimate of drug-likeness (QED) is 0.669. The van der Waals surface area contributed by atoms with Crippen LogP contribution in [0.4, 0.5) is 11.5 Å². The number of carbonyl (C=O) groups is 1. The lowest BCUT2D eigenvalue weighted by Gasteiger charge is -2.28. The van der Waals surface area contributed by atoms with E-state index >= 15 is 0 Å².